The molecule has 2 aliphatic heterocycles. The highest BCUT2D eigenvalue weighted by atomic mass is 79.9. The maximum absolute atomic E-state index is 12.5. The van der Waals surface area contributed by atoms with Crippen molar-refractivity contribution < 1.29 is 14.4 Å². The Morgan fingerprint density at radius 1 is 1.12 bits per heavy atom. The van der Waals surface area contributed by atoms with Crippen LogP contribution in [0.25, 0.3) is 0 Å². The van der Waals surface area contributed by atoms with Gasteiger partial charge in [-0.25, -0.2) is 0 Å². The Kier molecular flexibility index (Phi) is 3.60. The van der Waals surface area contributed by atoms with Crippen LogP contribution in [0.2, 0.25) is 0 Å². The Morgan fingerprint density at radius 2 is 1.88 bits per heavy atom. The number of fused-ring (bicyclic) bond motifs is 2. The first-order valence-electron chi connectivity index (χ1n) is 7.67. The highest BCUT2D eigenvalue weighted by molar-refractivity contribution is 9.10. The monoisotopic (exact) mass is 404 g/mol. The summed E-state index contributed by atoms with van der Waals surface area (Å²) in [6.45, 7) is 0.317. The van der Waals surface area contributed by atoms with E-state index in [0.29, 0.717) is 39.8 Å². The molecular formula is C16H13BrN4O4. The number of H-pyrrole nitrogens is 2. The largest absolute Gasteiger partial charge is 0.335 e. The zero-order chi connectivity index (χ0) is 17.7. The summed E-state index contributed by atoms with van der Waals surface area (Å²) >= 11 is 3.27. The molecule has 0 radical (unpaired) electrons. The molecule has 2 aromatic rings. The fourth-order valence-corrected chi connectivity index (χ4v) is 3.55. The maximum atomic E-state index is 12.5. The van der Waals surface area contributed by atoms with Gasteiger partial charge in [-0.1, -0.05) is 15.9 Å². The molecule has 0 aliphatic carbocycles. The molecule has 0 fully saturated rings. The van der Waals surface area contributed by atoms with Gasteiger partial charge in [-0.3, -0.25) is 29.2 Å². The van der Waals surface area contributed by atoms with Crippen LogP contribution in [0.1, 0.15) is 32.0 Å². The van der Waals surface area contributed by atoms with E-state index in [9.17, 15) is 19.2 Å². The molecule has 0 unspecified atom stereocenters. The van der Waals surface area contributed by atoms with E-state index in [0.717, 1.165) is 4.90 Å². The molecular weight excluding hydrogens is 392 g/mol. The SMILES string of the molecule is O=C(CN1C(=O)c2ccc(Br)cc2C1=O)N1CCc2c([nH][nH]c2=O)C1. The lowest BCUT2D eigenvalue weighted by Crippen LogP contribution is -2.44. The first-order valence-corrected chi connectivity index (χ1v) is 8.47. The summed E-state index contributed by atoms with van der Waals surface area (Å²) in [5.41, 5.74) is 1.73. The number of aromatic amines is 2. The van der Waals surface area contributed by atoms with Crippen molar-refractivity contribution in [1.29, 1.82) is 0 Å². The summed E-state index contributed by atoms with van der Waals surface area (Å²) in [5, 5.41) is 5.26. The lowest BCUT2D eigenvalue weighted by Gasteiger charge is -2.27. The third-order valence-electron chi connectivity index (χ3n) is 4.52. The number of hydrogen-bond acceptors (Lipinski definition) is 4. The molecule has 1 aromatic carbocycles. The van der Waals surface area contributed by atoms with Gasteiger partial charge in [0.05, 0.1) is 23.4 Å². The van der Waals surface area contributed by atoms with Gasteiger partial charge in [-0.15, -0.1) is 0 Å². The minimum Gasteiger partial charge on any atom is -0.335 e. The number of carbonyl (C=O) groups excluding carboxylic acids is 3. The lowest BCUT2D eigenvalue weighted by molar-refractivity contribution is -0.132. The number of aromatic nitrogens is 2. The van der Waals surface area contributed by atoms with Gasteiger partial charge in [0.2, 0.25) is 5.91 Å². The van der Waals surface area contributed by atoms with Crippen LogP contribution in [0.3, 0.4) is 0 Å². The summed E-state index contributed by atoms with van der Waals surface area (Å²) in [4.78, 5) is 51.5. The van der Waals surface area contributed by atoms with Crippen molar-refractivity contribution in [2.75, 3.05) is 13.1 Å². The molecule has 0 spiro atoms. The molecule has 0 saturated carbocycles. The average molecular weight is 405 g/mol. The van der Waals surface area contributed by atoms with Crippen molar-refractivity contribution in [2.45, 2.75) is 13.0 Å². The van der Waals surface area contributed by atoms with Gasteiger partial charge in [0.25, 0.3) is 17.4 Å². The second-order valence-corrected chi connectivity index (χ2v) is 6.90. The van der Waals surface area contributed by atoms with Crippen LogP contribution in [-0.4, -0.2) is 50.8 Å². The van der Waals surface area contributed by atoms with E-state index in [-0.39, 0.29) is 24.6 Å². The topological polar surface area (TPSA) is 106 Å². The summed E-state index contributed by atoms with van der Waals surface area (Å²) < 4.78 is 0.695. The average Bonchev–Trinajstić information content (AvgIpc) is 3.08. The molecule has 4 rings (SSSR count). The van der Waals surface area contributed by atoms with E-state index in [1.807, 2.05) is 0 Å². The van der Waals surface area contributed by atoms with Crippen molar-refractivity contribution in [2.24, 2.45) is 0 Å². The van der Waals surface area contributed by atoms with Crippen molar-refractivity contribution in [1.82, 2.24) is 20.0 Å². The second kappa shape index (κ2) is 5.69. The molecule has 0 atom stereocenters. The number of rotatable bonds is 2. The van der Waals surface area contributed by atoms with Gasteiger partial charge >= 0.3 is 0 Å². The zero-order valence-electron chi connectivity index (χ0n) is 13.0. The summed E-state index contributed by atoms with van der Waals surface area (Å²) in [6.07, 6.45) is 0.439. The van der Waals surface area contributed by atoms with Crippen molar-refractivity contribution in [3.05, 3.63) is 55.4 Å². The Morgan fingerprint density at radius 3 is 2.68 bits per heavy atom. The quantitative estimate of drug-likeness (QED) is 0.716. The van der Waals surface area contributed by atoms with Gasteiger partial charge in [0, 0.05) is 16.6 Å². The number of benzene rings is 1. The molecule has 1 aromatic heterocycles. The summed E-state index contributed by atoms with van der Waals surface area (Å²) in [7, 11) is 0. The van der Waals surface area contributed by atoms with Gasteiger partial charge in [-0.05, 0) is 24.6 Å². The summed E-state index contributed by atoms with van der Waals surface area (Å²) in [5.74, 6) is -1.27. The fourth-order valence-electron chi connectivity index (χ4n) is 3.19. The highest BCUT2D eigenvalue weighted by Crippen LogP contribution is 2.26. The number of nitrogens with one attached hydrogen (secondary N) is 2. The number of hydrogen-bond donors (Lipinski definition) is 2. The highest BCUT2D eigenvalue weighted by Gasteiger charge is 2.38. The standard InChI is InChI=1S/C16H13BrN4O4/c17-8-1-2-9-11(5-8)16(25)21(15(9)24)7-13(22)20-4-3-10-12(6-20)18-19-14(10)23/h1-2,5H,3-4,6-7H2,(H2,18,19,23). The molecule has 128 valence electrons. The smallest absolute Gasteiger partial charge is 0.267 e. The van der Waals surface area contributed by atoms with E-state index in [2.05, 4.69) is 26.1 Å². The van der Waals surface area contributed by atoms with Crippen molar-refractivity contribution in [3.63, 3.8) is 0 Å². The van der Waals surface area contributed by atoms with Crippen molar-refractivity contribution in [3.8, 4) is 0 Å². The third kappa shape index (κ3) is 2.51. The van der Waals surface area contributed by atoms with Crippen LogP contribution in [-0.2, 0) is 17.8 Å². The van der Waals surface area contributed by atoms with E-state index < -0.39 is 11.8 Å². The number of imide groups is 1. The van der Waals surface area contributed by atoms with Crippen LogP contribution in [0, 0.1) is 0 Å². The number of nitrogens with zero attached hydrogens (tertiary/aromatic N) is 2. The van der Waals surface area contributed by atoms with Crippen LogP contribution in [0.4, 0.5) is 0 Å². The van der Waals surface area contributed by atoms with Crippen LogP contribution in [0.5, 0.6) is 0 Å². The third-order valence-corrected chi connectivity index (χ3v) is 5.02. The van der Waals surface area contributed by atoms with E-state index in [1.165, 1.54) is 4.90 Å². The number of halogens is 1. The minimum atomic E-state index is -0.470. The molecule has 3 amide bonds. The minimum absolute atomic E-state index is 0.173. The van der Waals surface area contributed by atoms with Gasteiger partial charge in [0.1, 0.15) is 6.54 Å². The van der Waals surface area contributed by atoms with Crippen LogP contribution >= 0.6 is 15.9 Å². The predicted octanol–water partition coefficient (Wildman–Crippen LogP) is 0.646. The van der Waals surface area contributed by atoms with Crippen molar-refractivity contribution >= 4 is 33.7 Å². The zero-order valence-corrected chi connectivity index (χ0v) is 14.6. The van der Waals surface area contributed by atoms with Crippen LogP contribution in [0.15, 0.2) is 27.5 Å². The molecule has 0 saturated heterocycles. The number of amides is 3. The van der Waals surface area contributed by atoms with Gasteiger partial charge < -0.3 is 10.00 Å². The molecule has 0 bridgehead atoms. The molecule has 25 heavy (non-hydrogen) atoms. The Hall–Kier alpha value is -2.68. The molecule has 2 N–H and O–H groups in total. The Bertz CT molecular complexity index is 977. The molecule has 8 nitrogen and oxygen atoms in total. The van der Waals surface area contributed by atoms with E-state index in [4.69, 9.17) is 0 Å². The molecule has 9 heteroatoms. The molecule has 3 heterocycles. The van der Waals surface area contributed by atoms with Gasteiger partial charge in [-0.2, -0.15) is 0 Å². The Labute approximate surface area is 149 Å². The maximum Gasteiger partial charge on any atom is 0.267 e. The number of carbonyl (C=O) groups is 3. The normalized spacial score (nSPS) is 16.2. The van der Waals surface area contributed by atoms with Gasteiger partial charge in [0.15, 0.2) is 0 Å². The van der Waals surface area contributed by atoms with E-state index >= 15 is 0 Å². The van der Waals surface area contributed by atoms with E-state index in [1.54, 1.807) is 18.2 Å². The van der Waals surface area contributed by atoms with Crippen LogP contribution < -0.4 is 5.56 Å². The summed E-state index contributed by atoms with van der Waals surface area (Å²) in [6, 6.07) is 4.84. The predicted molar refractivity (Wildman–Crippen MR) is 90.0 cm³/mol. The Balaban J connectivity index is 1.52. The lowest BCUT2D eigenvalue weighted by atomic mass is 10.1. The molecule has 2 aliphatic rings. The first kappa shape index (κ1) is 15.8. The first-order chi connectivity index (χ1) is 12.0. The fraction of sp³-hybridized carbons (Fsp3) is 0.250. The second-order valence-electron chi connectivity index (χ2n) is 5.99.